The van der Waals surface area contributed by atoms with E-state index in [1.54, 1.807) is 30.3 Å². The van der Waals surface area contributed by atoms with Crippen molar-refractivity contribution in [2.24, 2.45) is 0 Å². The third-order valence-corrected chi connectivity index (χ3v) is 3.63. The van der Waals surface area contributed by atoms with Crippen molar-refractivity contribution in [3.05, 3.63) is 71.8 Å². The lowest BCUT2D eigenvalue weighted by atomic mass is 10.1. The highest BCUT2D eigenvalue weighted by atomic mass is 16.5. The Bertz CT molecular complexity index is 824. The largest absolute Gasteiger partial charge is 0.454 e. The molecule has 0 aromatic heterocycles. The first-order valence-electron chi connectivity index (χ1n) is 8.57. The number of ether oxygens (including phenoxy) is 1. The summed E-state index contributed by atoms with van der Waals surface area (Å²) in [4.78, 5) is 47.2. The molecule has 2 aromatic rings. The van der Waals surface area contributed by atoms with E-state index in [0.29, 0.717) is 5.56 Å². The summed E-state index contributed by atoms with van der Waals surface area (Å²) in [5.41, 5.74) is 5.40. The molecule has 0 bridgehead atoms. The fourth-order valence-corrected chi connectivity index (χ4v) is 2.31. The van der Waals surface area contributed by atoms with Crippen LogP contribution in [0.3, 0.4) is 0 Å². The minimum atomic E-state index is -0.983. The zero-order valence-corrected chi connectivity index (χ0v) is 15.3. The quantitative estimate of drug-likeness (QED) is 0.482. The van der Waals surface area contributed by atoms with Crippen molar-refractivity contribution >= 4 is 23.7 Å². The van der Waals surface area contributed by atoms with Crippen LogP contribution in [0.5, 0.6) is 0 Å². The van der Waals surface area contributed by atoms with Crippen molar-refractivity contribution < 1.29 is 23.9 Å². The van der Waals surface area contributed by atoms with Crippen molar-refractivity contribution in [1.82, 2.24) is 16.2 Å². The normalized spacial score (nSPS) is 11.0. The lowest BCUT2D eigenvalue weighted by Crippen LogP contribution is -2.46. The maximum Gasteiger partial charge on any atom is 0.329 e. The Labute approximate surface area is 162 Å². The number of nitrogens with one attached hydrogen (secondary N) is 3. The summed E-state index contributed by atoms with van der Waals surface area (Å²) in [5, 5.41) is 2.64. The Balaban J connectivity index is 2.02. The Hall–Kier alpha value is -3.68. The van der Waals surface area contributed by atoms with Gasteiger partial charge in [-0.25, -0.2) is 4.79 Å². The number of hydrazine groups is 1. The van der Waals surface area contributed by atoms with Gasteiger partial charge in [0.2, 0.25) is 5.91 Å². The van der Waals surface area contributed by atoms with E-state index in [2.05, 4.69) is 16.2 Å². The number of hydrogen-bond donors (Lipinski definition) is 3. The fraction of sp³-hybridized carbons (Fsp3) is 0.200. The van der Waals surface area contributed by atoms with Crippen molar-refractivity contribution in [3.63, 3.8) is 0 Å². The SMILES string of the molecule is CC(=O)NNC(=O)COC(=O)[C@H](Cc1ccccc1)NC(=O)c1ccccc1. The molecule has 0 aliphatic carbocycles. The first-order valence-corrected chi connectivity index (χ1v) is 8.57. The number of carbonyl (C=O) groups is 4. The molecule has 0 aliphatic heterocycles. The molecule has 1 atom stereocenters. The molecular weight excluding hydrogens is 362 g/mol. The number of carbonyl (C=O) groups excluding carboxylic acids is 4. The minimum absolute atomic E-state index is 0.200. The minimum Gasteiger partial charge on any atom is -0.454 e. The van der Waals surface area contributed by atoms with Gasteiger partial charge in [-0.05, 0) is 17.7 Å². The number of esters is 1. The standard InChI is InChI=1S/C20H21N3O5/c1-14(24)22-23-18(25)13-28-20(27)17(12-15-8-4-2-5-9-15)21-19(26)16-10-6-3-7-11-16/h2-11,17H,12-13H2,1H3,(H,21,26)(H,22,24)(H,23,25)/t17-/m0/s1. The highest BCUT2D eigenvalue weighted by Crippen LogP contribution is 2.07. The van der Waals surface area contributed by atoms with E-state index in [9.17, 15) is 19.2 Å². The monoisotopic (exact) mass is 383 g/mol. The van der Waals surface area contributed by atoms with E-state index in [4.69, 9.17) is 4.74 Å². The van der Waals surface area contributed by atoms with Gasteiger partial charge < -0.3 is 10.1 Å². The number of benzene rings is 2. The fourth-order valence-electron chi connectivity index (χ4n) is 2.31. The van der Waals surface area contributed by atoms with Crippen LogP contribution in [0.4, 0.5) is 0 Å². The molecule has 0 radical (unpaired) electrons. The summed E-state index contributed by atoms with van der Waals surface area (Å²) in [5.74, 6) is -2.35. The van der Waals surface area contributed by atoms with Gasteiger partial charge in [0.15, 0.2) is 6.61 Å². The van der Waals surface area contributed by atoms with Crippen LogP contribution in [0.25, 0.3) is 0 Å². The molecule has 0 heterocycles. The molecule has 0 fully saturated rings. The first-order chi connectivity index (χ1) is 13.5. The van der Waals surface area contributed by atoms with Gasteiger partial charge in [-0.15, -0.1) is 0 Å². The van der Waals surface area contributed by atoms with Crippen LogP contribution >= 0.6 is 0 Å². The lowest BCUT2D eigenvalue weighted by molar-refractivity contribution is -0.150. The first kappa shape index (κ1) is 20.6. The molecule has 8 heteroatoms. The Morgan fingerprint density at radius 2 is 1.50 bits per heavy atom. The predicted molar refractivity (Wildman–Crippen MR) is 101 cm³/mol. The maximum absolute atomic E-state index is 12.5. The average Bonchev–Trinajstić information content (AvgIpc) is 2.71. The van der Waals surface area contributed by atoms with Crippen molar-refractivity contribution in [2.75, 3.05) is 6.61 Å². The molecule has 2 aromatic carbocycles. The maximum atomic E-state index is 12.5. The van der Waals surface area contributed by atoms with Gasteiger partial charge in [0.1, 0.15) is 6.04 Å². The highest BCUT2D eigenvalue weighted by molar-refractivity contribution is 5.97. The van der Waals surface area contributed by atoms with Gasteiger partial charge >= 0.3 is 5.97 Å². The molecule has 3 amide bonds. The summed E-state index contributed by atoms with van der Waals surface area (Å²) in [6.07, 6.45) is 0.200. The van der Waals surface area contributed by atoms with Crippen LogP contribution in [-0.2, 0) is 25.5 Å². The van der Waals surface area contributed by atoms with Gasteiger partial charge in [0.25, 0.3) is 11.8 Å². The summed E-state index contributed by atoms with van der Waals surface area (Å²) in [6, 6.07) is 16.6. The number of hydrogen-bond acceptors (Lipinski definition) is 5. The lowest BCUT2D eigenvalue weighted by Gasteiger charge is -2.18. The molecule has 2 rings (SSSR count). The van der Waals surface area contributed by atoms with Gasteiger partial charge in [-0.3, -0.25) is 25.2 Å². The van der Waals surface area contributed by atoms with Gasteiger partial charge in [-0.1, -0.05) is 48.5 Å². The van der Waals surface area contributed by atoms with E-state index >= 15 is 0 Å². The molecular formula is C20H21N3O5. The zero-order chi connectivity index (χ0) is 20.4. The van der Waals surface area contributed by atoms with Crippen LogP contribution in [0.2, 0.25) is 0 Å². The Morgan fingerprint density at radius 1 is 0.893 bits per heavy atom. The second-order valence-electron chi connectivity index (χ2n) is 5.92. The third kappa shape index (κ3) is 6.91. The smallest absolute Gasteiger partial charge is 0.329 e. The van der Waals surface area contributed by atoms with Crippen LogP contribution in [0.1, 0.15) is 22.8 Å². The van der Waals surface area contributed by atoms with Gasteiger partial charge in [0.05, 0.1) is 0 Å². The zero-order valence-electron chi connectivity index (χ0n) is 15.3. The molecule has 8 nitrogen and oxygen atoms in total. The molecule has 0 aliphatic rings. The summed E-state index contributed by atoms with van der Waals surface area (Å²) in [7, 11) is 0. The second-order valence-corrected chi connectivity index (χ2v) is 5.92. The van der Waals surface area contributed by atoms with E-state index in [1.807, 2.05) is 30.3 Å². The number of rotatable bonds is 7. The van der Waals surface area contributed by atoms with Crippen LogP contribution in [0, 0.1) is 0 Å². The van der Waals surface area contributed by atoms with E-state index < -0.39 is 36.3 Å². The molecule has 0 unspecified atom stereocenters. The summed E-state index contributed by atoms with van der Waals surface area (Å²) < 4.78 is 4.99. The Morgan fingerprint density at radius 3 is 2.11 bits per heavy atom. The van der Waals surface area contributed by atoms with Crippen LogP contribution in [0.15, 0.2) is 60.7 Å². The molecule has 0 saturated carbocycles. The van der Waals surface area contributed by atoms with Crippen LogP contribution < -0.4 is 16.2 Å². The van der Waals surface area contributed by atoms with E-state index in [-0.39, 0.29) is 6.42 Å². The van der Waals surface area contributed by atoms with E-state index in [1.165, 1.54) is 6.92 Å². The molecule has 3 N–H and O–H groups in total. The second kappa shape index (κ2) is 10.5. The molecule has 0 spiro atoms. The van der Waals surface area contributed by atoms with Gasteiger partial charge in [0, 0.05) is 18.9 Å². The van der Waals surface area contributed by atoms with Crippen molar-refractivity contribution in [2.45, 2.75) is 19.4 Å². The summed E-state index contributed by atoms with van der Waals surface area (Å²) >= 11 is 0. The third-order valence-electron chi connectivity index (χ3n) is 3.63. The molecule has 146 valence electrons. The molecule has 28 heavy (non-hydrogen) atoms. The number of amides is 3. The van der Waals surface area contributed by atoms with Gasteiger partial charge in [-0.2, -0.15) is 0 Å². The highest BCUT2D eigenvalue weighted by Gasteiger charge is 2.24. The van der Waals surface area contributed by atoms with Crippen LogP contribution in [-0.4, -0.2) is 36.3 Å². The predicted octanol–water partition coefficient (Wildman–Crippen LogP) is 0.738. The van der Waals surface area contributed by atoms with Crippen molar-refractivity contribution in [3.8, 4) is 0 Å². The average molecular weight is 383 g/mol. The summed E-state index contributed by atoms with van der Waals surface area (Å²) in [6.45, 7) is 0.632. The molecule has 0 saturated heterocycles. The van der Waals surface area contributed by atoms with Crippen molar-refractivity contribution in [1.29, 1.82) is 0 Å². The van der Waals surface area contributed by atoms with E-state index in [0.717, 1.165) is 5.56 Å². The topological polar surface area (TPSA) is 114 Å². The Kier molecular flexibility index (Phi) is 7.71.